The molecule has 6 heteroatoms. The van der Waals surface area contributed by atoms with Crippen LogP contribution in [0.5, 0.6) is 0 Å². The van der Waals surface area contributed by atoms with E-state index in [1.165, 1.54) is 0 Å². The van der Waals surface area contributed by atoms with Gasteiger partial charge in [0.1, 0.15) is 5.69 Å². The average Bonchev–Trinajstić information content (AvgIpc) is 3.16. The topological polar surface area (TPSA) is 54.9 Å². The summed E-state index contributed by atoms with van der Waals surface area (Å²) in [6.07, 6.45) is 3.18. The molecule has 136 valence electrons. The van der Waals surface area contributed by atoms with Crippen LogP contribution in [0.3, 0.4) is 0 Å². The smallest absolute Gasteiger partial charge is 0.272 e. The zero-order valence-electron chi connectivity index (χ0n) is 14.9. The van der Waals surface area contributed by atoms with Gasteiger partial charge < -0.3 is 19.3 Å². The fourth-order valence-electron chi connectivity index (χ4n) is 3.51. The number of carbonyl (C=O) groups excluding carboxylic acids is 1. The maximum absolute atomic E-state index is 12.7. The van der Waals surface area contributed by atoms with Gasteiger partial charge in [-0.3, -0.25) is 4.79 Å². The fourth-order valence-corrected chi connectivity index (χ4v) is 3.51. The van der Waals surface area contributed by atoms with Crippen LogP contribution in [0.25, 0.3) is 0 Å². The lowest BCUT2D eigenvalue weighted by Crippen LogP contribution is -2.47. The Morgan fingerprint density at radius 2 is 1.73 bits per heavy atom. The lowest BCUT2D eigenvalue weighted by Gasteiger charge is -2.37. The SMILES string of the molecule is CN(c1ccccc1)c1ccc(C(=O)N2CCC3(CC2)OCCO3)nc1. The standard InChI is InChI=1S/C20H23N3O3/c1-22(16-5-3-2-4-6-16)17-7-8-18(21-15-17)19(24)23-11-9-20(10-12-23)25-13-14-26-20/h2-8,15H,9-14H2,1H3. The maximum atomic E-state index is 12.7. The number of anilines is 2. The molecule has 0 radical (unpaired) electrons. The first-order chi connectivity index (χ1) is 12.7. The molecule has 1 aromatic heterocycles. The van der Waals surface area contributed by atoms with Gasteiger partial charge in [0.05, 0.1) is 25.1 Å². The zero-order chi connectivity index (χ0) is 18.0. The number of rotatable bonds is 3. The molecule has 26 heavy (non-hydrogen) atoms. The van der Waals surface area contributed by atoms with Crippen molar-refractivity contribution in [3.05, 3.63) is 54.4 Å². The van der Waals surface area contributed by atoms with Crippen molar-refractivity contribution < 1.29 is 14.3 Å². The summed E-state index contributed by atoms with van der Waals surface area (Å²) < 4.78 is 11.4. The van der Waals surface area contributed by atoms with Crippen molar-refractivity contribution in [3.63, 3.8) is 0 Å². The van der Waals surface area contributed by atoms with Crippen LogP contribution in [-0.2, 0) is 9.47 Å². The molecule has 2 fully saturated rings. The number of ether oxygens (including phenoxy) is 2. The van der Waals surface area contributed by atoms with E-state index in [2.05, 4.69) is 4.98 Å². The van der Waals surface area contributed by atoms with Crippen molar-refractivity contribution in [2.45, 2.75) is 18.6 Å². The number of hydrogen-bond acceptors (Lipinski definition) is 5. The van der Waals surface area contributed by atoms with E-state index in [1.807, 2.05) is 53.2 Å². The second-order valence-electron chi connectivity index (χ2n) is 6.70. The minimum atomic E-state index is -0.466. The van der Waals surface area contributed by atoms with Crippen LogP contribution in [-0.4, -0.2) is 54.9 Å². The van der Waals surface area contributed by atoms with Crippen LogP contribution in [0.1, 0.15) is 23.3 Å². The van der Waals surface area contributed by atoms with Gasteiger partial charge in [-0.15, -0.1) is 0 Å². The largest absolute Gasteiger partial charge is 0.347 e. The Kier molecular flexibility index (Phi) is 4.61. The number of likely N-dealkylation sites (tertiary alicyclic amines) is 1. The van der Waals surface area contributed by atoms with Crippen molar-refractivity contribution >= 4 is 17.3 Å². The molecule has 1 spiro atoms. The van der Waals surface area contributed by atoms with Crippen molar-refractivity contribution in [1.82, 2.24) is 9.88 Å². The fraction of sp³-hybridized carbons (Fsp3) is 0.400. The van der Waals surface area contributed by atoms with Gasteiger partial charge in [-0.1, -0.05) is 18.2 Å². The van der Waals surface area contributed by atoms with E-state index in [9.17, 15) is 4.79 Å². The second-order valence-corrected chi connectivity index (χ2v) is 6.70. The van der Waals surface area contributed by atoms with Crippen molar-refractivity contribution in [2.75, 3.05) is 38.3 Å². The molecule has 0 saturated carbocycles. The molecular formula is C20H23N3O3. The van der Waals surface area contributed by atoms with Gasteiger partial charge in [-0.25, -0.2) is 4.98 Å². The number of para-hydroxylation sites is 1. The zero-order valence-corrected chi connectivity index (χ0v) is 14.9. The summed E-state index contributed by atoms with van der Waals surface area (Å²) in [5.74, 6) is -0.501. The summed E-state index contributed by atoms with van der Waals surface area (Å²) in [5, 5.41) is 0. The Balaban J connectivity index is 1.41. The minimum absolute atomic E-state index is 0.0354. The number of pyridine rings is 1. The highest BCUT2D eigenvalue weighted by molar-refractivity contribution is 5.92. The monoisotopic (exact) mass is 353 g/mol. The summed E-state index contributed by atoms with van der Waals surface area (Å²) in [6, 6.07) is 13.8. The van der Waals surface area contributed by atoms with Crippen LogP contribution in [0.15, 0.2) is 48.7 Å². The Labute approximate surface area is 153 Å². The number of benzene rings is 1. The molecule has 1 aromatic carbocycles. The third-order valence-corrected chi connectivity index (χ3v) is 5.12. The Hall–Kier alpha value is -2.44. The number of amides is 1. The highest BCUT2D eigenvalue weighted by Crippen LogP contribution is 2.31. The molecule has 2 aliphatic rings. The summed E-state index contributed by atoms with van der Waals surface area (Å²) in [4.78, 5) is 21.0. The van der Waals surface area contributed by atoms with E-state index in [4.69, 9.17) is 9.47 Å². The van der Waals surface area contributed by atoms with E-state index in [0.717, 1.165) is 11.4 Å². The lowest BCUT2D eigenvalue weighted by molar-refractivity contribution is -0.181. The molecule has 0 atom stereocenters. The van der Waals surface area contributed by atoms with Crippen molar-refractivity contribution in [3.8, 4) is 0 Å². The van der Waals surface area contributed by atoms with Crippen LogP contribution in [0.4, 0.5) is 11.4 Å². The summed E-state index contributed by atoms with van der Waals surface area (Å²) in [6.45, 7) is 2.55. The second kappa shape index (κ2) is 7.05. The molecular weight excluding hydrogens is 330 g/mol. The number of carbonyl (C=O) groups is 1. The maximum Gasteiger partial charge on any atom is 0.272 e. The van der Waals surface area contributed by atoms with Gasteiger partial charge in [-0.05, 0) is 24.3 Å². The predicted octanol–water partition coefficient (Wildman–Crippen LogP) is 2.83. The lowest BCUT2D eigenvalue weighted by atomic mass is 10.0. The first kappa shape index (κ1) is 17.0. The molecule has 1 amide bonds. The van der Waals surface area contributed by atoms with E-state index in [-0.39, 0.29) is 5.91 Å². The van der Waals surface area contributed by atoms with E-state index < -0.39 is 5.79 Å². The molecule has 3 heterocycles. The molecule has 2 aromatic rings. The molecule has 0 unspecified atom stereocenters. The summed E-state index contributed by atoms with van der Waals surface area (Å²) in [7, 11) is 1.99. The van der Waals surface area contributed by atoms with Gasteiger partial charge in [0, 0.05) is 38.7 Å². The van der Waals surface area contributed by atoms with Gasteiger partial charge in [0.25, 0.3) is 5.91 Å². The first-order valence-corrected chi connectivity index (χ1v) is 8.99. The summed E-state index contributed by atoms with van der Waals surface area (Å²) >= 11 is 0. The predicted molar refractivity (Wildman–Crippen MR) is 98.5 cm³/mol. The van der Waals surface area contributed by atoms with Crippen molar-refractivity contribution in [1.29, 1.82) is 0 Å². The highest BCUT2D eigenvalue weighted by Gasteiger charge is 2.41. The Morgan fingerprint density at radius 1 is 1.04 bits per heavy atom. The average molecular weight is 353 g/mol. The van der Waals surface area contributed by atoms with Gasteiger partial charge in [0.2, 0.25) is 0 Å². The third kappa shape index (κ3) is 3.30. The van der Waals surface area contributed by atoms with E-state index in [0.29, 0.717) is 44.8 Å². The van der Waals surface area contributed by atoms with Crippen LogP contribution in [0, 0.1) is 0 Å². The molecule has 2 aliphatic heterocycles. The number of hydrogen-bond donors (Lipinski definition) is 0. The molecule has 6 nitrogen and oxygen atoms in total. The molecule has 2 saturated heterocycles. The van der Waals surface area contributed by atoms with Gasteiger partial charge in [-0.2, -0.15) is 0 Å². The normalized spacial score (nSPS) is 18.9. The van der Waals surface area contributed by atoms with Gasteiger partial charge in [0.15, 0.2) is 5.79 Å². The molecule has 0 N–H and O–H groups in total. The van der Waals surface area contributed by atoms with Crippen LogP contribution < -0.4 is 4.90 Å². The minimum Gasteiger partial charge on any atom is -0.347 e. The molecule has 0 aliphatic carbocycles. The molecule has 4 rings (SSSR count). The number of piperidine rings is 1. The van der Waals surface area contributed by atoms with Crippen LogP contribution in [0.2, 0.25) is 0 Å². The van der Waals surface area contributed by atoms with Crippen molar-refractivity contribution in [2.24, 2.45) is 0 Å². The van der Waals surface area contributed by atoms with Crippen LogP contribution >= 0.6 is 0 Å². The third-order valence-electron chi connectivity index (χ3n) is 5.12. The quantitative estimate of drug-likeness (QED) is 0.849. The first-order valence-electron chi connectivity index (χ1n) is 8.99. The number of aromatic nitrogens is 1. The van der Waals surface area contributed by atoms with E-state index >= 15 is 0 Å². The van der Waals surface area contributed by atoms with Gasteiger partial charge >= 0.3 is 0 Å². The van der Waals surface area contributed by atoms with E-state index in [1.54, 1.807) is 12.3 Å². The Morgan fingerprint density at radius 3 is 2.35 bits per heavy atom. The number of nitrogens with zero attached hydrogens (tertiary/aromatic N) is 3. The highest BCUT2D eigenvalue weighted by atomic mass is 16.7. The molecule has 0 bridgehead atoms. The summed E-state index contributed by atoms with van der Waals surface area (Å²) in [5.41, 5.74) is 2.49. The Bertz CT molecular complexity index is 748.